The highest BCUT2D eigenvalue weighted by Gasteiger charge is 2.30. The zero-order valence-electron chi connectivity index (χ0n) is 12.2. The maximum Gasteiger partial charge on any atom is 0.226 e. The number of rotatable bonds is 5. The molecule has 0 bridgehead atoms. The van der Waals surface area contributed by atoms with Crippen molar-refractivity contribution in [2.75, 3.05) is 12.4 Å². The van der Waals surface area contributed by atoms with Crippen LogP contribution in [-0.2, 0) is 16.1 Å². The van der Waals surface area contributed by atoms with Crippen molar-refractivity contribution in [2.45, 2.75) is 50.7 Å². The van der Waals surface area contributed by atoms with Gasteiger partial charge in [0.25, 0.3) is 0 Å². The van der Waals surface area contributed by atoms with E-state index in [4.69, 9.17) is 10.5 Å². The second-order valence-electron chi connectivity index (χ2n) is 5.74. The smallest absolute Gasteiger partial charge is 0.226 e. The van der Waals surface area contributed by atoms with E-state index in [0.29, 0.717) is 13.0 Å². The minimum Gasteiger partial charge on any atom is -0.380 e. The molecule has 1 saturated carbocycles. The lowest BCUT2D eigenvalue weighted by Gasteiger charge is -2.32. The highest BCUT2D eigenvalue weighted by molar-refractivity contribution is 5.92. The minimum absolute atomic E-state index is 0.00190. The largest absolute Gasteiger partial charge is 0.380 e. The molecule has 0 aromatic heterocycles. The number of nitrogens with one attached hydrogen (secondary N) is 1. The van der Waals surface area contributed by atoms with Crippen molar-refractivity contribution in [3.63, 3.8) is 0 Å². The summed E-state index contributed by atoms with van der Waals surface area (Å²) in [6.07, 6.45) is 5.78. The Morgan fingerprint density at radius 3 is 2.70 bits per heavy atom. The summed E-state index contributed by atoms with van der Waals surface area (Å²) in [5.41, 5.74) is 7.81. The van der Waals surface area contributed by atoms with Crippen LogP contribution >= 0.6 is 0 Å². The van der Waals surface area contributed by atoms with Crippen LogP contribution in [0.1, 0.15) is 44.1 Å². The molecule has 0 aliphatic heterocycles. The predicted octanol–water partition coefficient (Wildman–Crippen LogP) is 2.82. The van der Waals surface area contributed by atoms with Gasteiger partial charge in [-0.15, -0.1) is 0 Å². The molecule has 0 unspecified atom stereocenters. The zero-order chi connectivity index (χ0) is 14.4. The maximum absolute atomic E-state index is 12.2. The third-order valence-electron chi connectivity index (χ3n) is 3.95. The van der Waals surface area contributed by atoms with Crippen LogP contribution in [0.2, 0.25) is 0 Å². The van der Waals surface area contributed by atoms with E-state index >= 15 is 0 Å². The molecule has 1 fully saturated rings. The van der Waals surface area contributed by atoms with Gasteiger partial charge < -0.3 is 15.8 Å². The number of carbonyl (C=O) groups is 1. The number of methoxy groups -OCH3 is 1. The van der Waals surface area contributed by atoms with Gasteiger partial charge in [0.2, 0.25) is 5.91 Å². The van der Waals surface area contributed by atoms with E-state index < -0.39 is 0 Å². The van der Waals surface area contributed by atoms with Crippen molar-refractivity contribution in [1.29, 1.82) is 0 Å². The molecule has 1 aliphatic carbocycles. The Bertz CT molecular complexity index is 454. The monoisotopic (exact) mass is 276 g/mol. The van der Waals surface area contributed by atoms with Gasteiger partial charge in [-0.3, -0.25) is 4.79 Å². The number of nitrogens with two attached hydrogens (primary N) is 1. The first-order valence-corrected chi connectivity index (χ1v) is 7.28. The molecule has 0 atom stereocenters. The lowest BCUT2D eigenvalue weighted by Crippen LogP contribution is -2.44. The normalized spacial score (nSPS) is 17.7. The molecule has 1 aliphatic rings. The first-order chi connectivity index (χ1) is 9.63. The summed E-state index contributed by atoms with van der Waals surface area (Å²) in [6.45, 7) is 0.490. The summed E-state index contributed by atoms with van der Waals surface area (Å²) in [4.78, 5) is 12.2. The molecule has 1 aromatic carbocycles. The second-order valence-corrected chi connectivity index (χ2v) is 5.74. The summed E-state index contributed by atoms with van der Waals surface area (Å²) in [7, 11) is 1.65. The number of benzene rings is 1. The number of ether oxygens (including phenoxy) is 1. The zero-order valence-corrected chi connectivity index (χ0v) is 12.2. The fourth-order valence-electron chi connectivity index (χ4n) is 2.87. The Labute approximate surface area is 120 Å². The quantitative estimate of drug-likeness (QED) is 0.869. The van der Waals surface area contributed by atoms with E-state index in [9.17, 15) is 4.79 Å². The molecule has 0 radical (unpaired) electrons. The van der Waals surface area contributed by atoms with Crippen LogP contribution in [0.5, 0.6) is 0 Å². The minimum atomic E-state index is -0.321. The molecule has 2 rings (SSSR count). The van der Waals surface area contributed by atoms with Crippen LogP contribution in [-0.4, -0.2) is 18.6 Å². The third-order valence-corrected chi connectivity index (χ3v) is 3.95. The fourth-order valence-corrected chi connectivity index (χ4v) is 2.87. The molecular weight excluding hydrogens is 252 g/mol. The molecule has 0 heterocycles. The van der Waals surface area contributed by atoms with Crippen molar-refractivity contribution in [1.82, 2.24) is 0 Å². The Hall–Kier alpha value is -1.39. The summed E-state index contributed by atoms with van der Waals surface area (Å²) in [5.74, 6) is -0.00190. The number of hydrogen-bond acceptors (Lipinski definition) is 3. The molecule has 20 heavy (non-hydrogen) atoms. The van der Waals surface area contributed by atoms with Gasteiger partial charge in [0.15, 0.2) is 0 Å². The van der Waals surface area contributed by atoms with Crippen LogP contribution in [0.15, 0.2) is 24.3 Å². The molecule has 4 heteroatoms. The molecule has 110 valence electrons. The molecular formula is C16H24N2O2. The summed E-state index contributed by atoms with van der Waals surface area (Å²) >= 11 is 0. The van der Waals surface area contributed by atoms with Gasteiger partial charge in [-0.1, -0.05) is 37.5 Å². The van der Waals surface area contributed by atoms with Crippen molar-refractivity contribution in [3.05, 3.63) is 29.8 Å². The van der Waals surface area contributed by atoms with Crippen molar-refractivity contribution < 1.29 is 9.53 Å². The van der Waals surface area contributed by atoms with E-state index in [1.807, 2.05) is 24.3 Å². The molecule has 3 N–H and O–H groups in total. The van der Waals surface area contributed by atoms with Gasteiger partial charge in [-0.2, -0.15) is 0 Å². The van der Waals surface area contributed by atoms with Crippen molar-refractivity contribution >= 4 is 11.6 Å². The van der Waals surface area contributed by atoms with Gasteiger partial charge in [-0.05, 0) is 18.9 Å². The third kappa shape index (κ3) is 4.05. The van der Waals surface area contributed by atoms with Gasteiger partial charge in [0, 0.05) is 30.3 Å². The average molecular weight is 276 g/mol. The van der Waals surface area contributed by atoms with Crippen LogP contribution < -0.4 is 11.1 Å². The average Bonchev–Trinajstić information content (AvgIpc) is 2.41. The highest BCUT2D eigenvalue weighted by atomic mass is 16.5. The number of anilines is 1. The van der Waals surface area contributed by atoms with Crippen LogP contribution in [0.4, 0.5) is 5.69 Å². The van der Waals surface area contributed by atoms with Crippen LogP contribution in [0.3, 0.4) is 0 Å². The number of carbonyl (C=O) groups excluding carboxylic acids is 1. The van der Waals surface area contributed by atoms with Gasteiger partial charge in [0.1, 0.15) is 0 Å². The SMILES string of the molecule is COCc1ccccc1NC(=O)CC1(N)CCCCC1. The molecule has 4 nitrogen and oxygen atoms in total. The van der Waals surface area contributed by atoms with Crippen LogP contribution in [0, 0.1) is 0 Å². The van der Waals surface area contributed by atoms with Gasteiger partial charge >= 0.3 is 0 Å². The number of para-hydroxylation sites is 1. The molecule has 0 spiro atoms. The summed E-state index contributed by atoms with van der Waals surface area (Å²) in [5, 5.41) is 2.97. The number of hydrogen-bond donors (Lipinski definition) is 2. The topological polar surface area (TPSA) is 64.3 Å². The van der Waals surface area contributed by atoms with Gasteiger partial charge in [-0.25, -0.2) is 0 Å². The Balaban J connectivity index is 1.97. The standard InChI is InChI=1S/C16H24N2O2/c1-20-12-13-7-3-4-8-14(13)18-15(19)11-16(17)9-5-2-6-10-16/h3-4,7-8H,2,5-6,9-12,17H2,1H3,(H,18,19). The second kappa shape index (κ2) is 6.86. The maximum atomic E-state index is 12.2. The van der Waals surface area contributed by atoms with E-state index in [2.05, 4.69) is 5.32 Å². The first kappa shape index (κ1) is 15.0. The Morgan fingerprint density at radius 1 is 1.30 bits per heavy atom. The molecule has 1 amide bonds. The Morgan fingerprint density at radius 2 is 2.00 bits per heavy atom. The van der Waals surface area contributed by atoms with Gasteiger partial charge in [0.05, 0.1) is 6.61 Å². The van der Waals surface area contributed by atoms with Crippen molar-refractivity contribution in [3.8, 4) is 0 Å². The summed E-state index contributed by atoms with van der Waals surface area (Å²) in [6, 6.07) is 7.71. The van der Waals surface area contributed by atoms with E-state index in [1.165, 1.54) is 6.42 Å². The predicted molar refractivity (Wildman–Crippen MR) is 80.4 cm³/mol. The molecule has 1 aromatic rings. The lowest BCUT2D eigenvalue weighted by molar-refractivity contribution is -0.117. The summed E-state index contributed by atoms with van der Waals surface area (Å²) < 4.78 is 5.14. The van der Waals surface area contributed by atoms with E-state index in [0.717, 1.165) is 36.9 Å². The Kier molecular flexibility index (Phi) is 5.15. The first-order valence-electron chi connectivity index (χ1n) is 7.28. The lowest BCUT2D eigenvalue weighted by atomic mass is 9.80. The fraction of sp³-hybridized carbons (Fsp3) is 0.562. The van der Waals surface area contributed by atoms with Crippen LogP contribution in [0.25, 0.3) is 0 Å². The van der Waals surface area contributed by atoms with Crippen molar-refractivity contribution in [2.24, 2.45) is 5.73 Å². The number of amides is 1. The van der Waals surface area contributed by atoms with E-state index in [1.54, 1.807) is 7.11 Å². The van der Waals surface area contributed by atoms with E-state index in [-0.39, 0.29) is 11.4 Å². The highest BCUT2D eigenvalue weighted by Crippen LogP contribution is 2.29. The molecule has 0 saturated heterocycles.